The van der Waals surface area contributed by atoms with Gasteiger partial charge >= 0.3 is 0 Å². The molecule has 11 heavy (non-hydrogen) atoms. The van der Waals surface area contributed by atoms with Gasteiger partial charge in [-0.1, -0.05) is 11.6 Å². The van der Waals surface area contributed by atoms with Crippen molar-refractivity contribution in [2.45, 2.75) is 32.3 Å². The molecule has 0 fully saturated rings. The lowest BCUT2D eigenvalue weighted by Gasteiger charge is -2.22. The van der Waals surface area contributed by atoms with Crippen LogP contribution in [-0.2, 0) is 0 Å². The van der Waals surface area contributed by atoms with Gasteiger partial charge in [0.2, 0.25) is 0 Å². The van der Waals surface area contributed by atoms with Gasteiger partial charge in [0.05, 0.1) is 5.60 Å². The van der Waals surface area contributed by atoms with E-state index >= 15 is 0 Å². The average Bonchev–Trinajstić information content (AvgIpc) is 1.85. The predicted molar refractivity (Wildman–Crippen MR) is 46.5 cm³/mol. The molecular weight excluding hydrogens is 138 g/mol. The Balaban J connectivity index is 2.42. The average molecular weight is 155 g/mol. The summed E-state index contributed by atoms with van der Waals surface area (Å²) < 4.78 is 0. The summed E-state index contributed by atoms with van der Waals surface area (Å²) in [5, 5.41) is 12.8. The molecule has 0 saturated heterocycles. The highest BCUT2D eigenvalue weighted by Crippen LogP contribution is 2.16. The van der Waals surface area contributed by atoms with Crippen LogP contribution in [0.1, 0.15) is 26.7 Å². The van der Waals surface area contributed by atoms with Crippen molar-refractivity contribution in [1.29, 1.82) is 0 Å². The Kier molecular flexibility index (Phi) is 2.68. The third-order valence-corrected chi connectivity index (χ3v) is 1.77. The van der Waals surface area contributed by atoms with Crippen molar-refractivity contribution in [1.82, 2.24) is 5.32 Å². The van der Waals surface area contributed by atoms with E-state index in [9.17, 15) is 5.11 Å². The zero-order chi connectivity index (χ0) is 8.32. The van der Waals surface area contributed by atoms with Gasteiger partial charge in [-0.3, -0.25) is 0 Å². The summed E-state index contributed by atoms with van der Waals surface area (Å²) in [5.41, 5.74) is 0.786. The highest BCUT2D eigenvalue weighted by Gasteiger charge is 2.15. The van der Waals surface area contributed by atoms with Crippen molar-refractivity contribution < 1.29 is 5.11 Å². The highest BCUT2D eigenvalue weighted by atomic mass is 16.3. The quantitative estimate of drug-likeness (QED) is 0.585. The lowest BCUT2D eigenvalue weighted by Crippen LogP contribution is -2.27. The third-order valence-electron chi connectivity index (χ3n) is 1.77. The molecule has 1 aliphatic heterocycles. The van der Waals surface area contributed by atoms with Crippen molar-refractivity contribution in [3.63, 3.8) is 0 Å². The maximum absolute atomic E-state index is 9.50. The molecule has 64 valence electrons. The Labute approximate surface area is 68.3 Å². The molecule has 0 aromatic rings. The number of nitrogens with one attached hydrogen (secondary N) is 1. The van der Waals surface area contributed by atoms with E-state index in [1.807, 2.05) is 13.8 Å². The lowest BCUT2D eigenvalue weighted by atomic mass is 9.96. The lowest BCUT2D eigenvalue weighted by molar-refractivity contribution is 0.0800. The molecule has 2 nitrogen and oxygen atoms in total. The fourth-order valence-electron chi connectivity index (χ4n) is 1.39. The van der Waals surface area contributed by atoms with Gasteiger partial charge in [0.1, 0.15) is 0 Å². The van der Waals surface area contributed by atoms with Crippen molar-refractivity contribution in [2.24, 2.45) is 0 Å². The Hall–Kier alpha value is -0.340. The standard InChI is InChI=1S/C9H17NO/c1-9(2,11)6-8-4-3-5-10-7-8/h4,10-11H,3,5-7H2,1-2H3. The van der Waals surface area contributed by atoms with Crippen LogP contribution in [0.15, 0.2) is 11.6 Å². The molecule has 1 rings (SSSR count). The van der Waals surface area contributed by atoms with E-state index in [0.29, 0.717) is 0 Å². The molecule has 0 bridgehead atoms. The number of hydrogen-bond acceptors (Lipinski definition) is 2. The second-order valence-electron chi connectivity index (χ2n) is 3.82. The predicted octanol–water partition coefficient (Wildman–Crippen LogP) is 1.07. The van der Waals surface area contributed by atoms with Crippen LogP contribution in [0.3, 0.4) is 0 Å². The molecule has 0 saturated carbocycles. The minimum Gasteiger partial charge on any atom is -0.390 e. The molecule has 0 aliphatic carbocycles. The SMILES string of the molecule is CC(C)(O)CC1=CCCNC1. The summed E-state index contributed by atoms with van der Waals surface area (Å²) in [6.45, 7) is 5.73. The van der Waals surface area contributed by atoms with E-state index in [2.05, 4.69) is 11.4 Å². The third kappa shape index (κ3) is 3.54. The molecule has 0 atom stereocenters. The van der Waals surface area contributed by atoms with Crippen LogP contribution in [0.25, 0.3) is 0 Å². The summed E-state index contributed by atoms with van der Waals surface area (Å²) in [7, 11) is 0. The first-order valence-electron chi connectivity index (χ1n) is 4.19. The highest BCUT2D eigenvalue weighted by molar-refractivity contribution is 5.09. The van der Waals surface area contributed by atoms with Crippen LogP contribution in [0, 0.1) is 0 Å². The minimum absolute atomic E-state index is 0.551. The topological polar surface area (TPSA) is 32.3 Å². The summed E-state index contributed by atoms with van der Waals surface area (Å²) in [6.07, 6.45) is 4.12. The fraction of sp³-hybridized carbons (Fsp3) is 0.778. The van der Waals surface area contributed by atoms with Gasteiger partial charge in [-0.25, -0.2) is 0 Å². The zero-order valence-corrected chi connectivity index (χ0v) is 7.35. The Morgan fingerprint density at radius 3 is 2.82 bits per heavy atom. The van der Waals surface area contributed by atoms with Gasteiger partial charge < -0.3 is 10.4 Å². The molecule has 0 radical (unpaired) electrons. The number of rotatable bonds is 2. The number of hydrogen-bond donors (Lipinski definition) is 2. The van der Waals surface area contributed by atoms with Crippen LogP contribution in [0.2, 0.25) is 0 Å². The van der Waals surface area contributed by atoms with E-state index < -0.39 is 5.60 Å². The van der Waals surface area contributed by atoms with E-state index in [-0.39, 0.29) is 0 Å². The largest absolute Gasteiger partial charge is 0.390 e. The van der Waals surface area contributed by atoms with Gasteiger partial charge in [-0.2, -0.15) is 0 Å². The summed E-state index contributed by atoms with van der Waals surface area (Å²) in [5.74, 6) is 0. The Bertz CT molecular complexity index is 155. The zero-order valence-electron chi connectivity index (χ0n) is 7.35. The Morgan fingerprint density at radius 2 is 2.36 bits per heavy atom. The van der Waals surface area contributed by atoms with Gasteiger partial charge in [0.15, 0.2) is 0 Å². The van der Waals surface area contributed by atoms with Gasteiger partial charge in [0, 0.05) is 6.54 Å². The summed E-state index contributed by atoms with van der Waals surface area (Å²) in [6, 6.07) is 0. The molecule has 0 aromatic heterocycles. The molecule has 0 aromatic carbocycles. The van der Waals surface area contributed by atoms with E-state index in [1.165, 1.54) is 5.57 Å². The first-order valence-corrected chi connectivity index (χ1v) is 4.19. The van der Waals surface area contributed by atoms with E-state index in [0.717, 1.165) is 25.9 Å². The molecule has 0 spiro atoms. The van der Waals surface area contributed by atoms with Crippen molar-refractivity contribution in [3.8, 4) is 0 Å². The summed E-state index contributed by atoms with van der Waals surface area (Å²) >= 11 is 0. The molecular formula is C9H17NO. The fourth-order valence-corrected chi connectivity index (χ4v) is 1.39. The van der Waals surface area contributed by atoms with E-state index in [1.54, 1.807) is 0 Å². The van der Waals surface area contributed by atoms with Crippen molar-refractivity contribution >= 4 is 0 Å². The number of aliphatic hydroxyl groups is 1. The first-order chi connectivity index (χ1) is 5.08. The molecule has 2 N–H and O–H groups in total. The second kappa shape index (κ2) is 3.37. The van der Waals surface area contributed by atoms with Crippen LogP contribution in [0.4, 0.5) is 0 Å². The molecule has 0 unspecified atom stereocenters. The minimum atomic E-state index is -0.551. The molecule has 2 heteroatoms. The molecule has 1 heterocycles. The Morgan fingerprint density at radius 1 is 1.64 bits per heavy atom. The van der Waals surface area contributed by atoms with Crippen LogP contribution >= 0.6 is 0 Å². The van der Waals surface area contributed by atoms with Crippen molar-refractivity contribution in [3.05, 3.63) is 11.6 Å². The van der Waals surface area contributed by atoms with Gasteiger partial charge in [-0.05, 0) is 33.2 Å². The molecule has 1 aliphatic rings. The van der Waals surface area contributed by atoms with Crippen molar-refractivity contribution in [2.75, 3.05) is 13.1 Å². The normalized spacial score (nSPS) is 19.7. The maximum Gasteiger partial charge on any atom is 0.0629 e. The maximum atomic E-state index is 9.50. The summed E-state index contributed by atoms with van der Waals surface area (Å²) in [4.78, 5) is 0. The second-order valence-corrected chi connectivity index (χ2v) is 3.82. The van der Waals surface area contributed by atoms with Gasteiger partial charge in [0.25, 0.3) is 0 Å². The van der Waals surface area contributed by atoms with E-state index in [4.69, 9.17) is 0 Å². The van der Waals surface area contributed by atoms with Gasteiger partial charge in [-0.15, -0.1) is 0 Å². The first kappa shape index (κ1) is 8.75. The van der Waals surface area contributed by atoms with Crippen LogP contribution in [0.5, 0.6) is 0 Å². The smallest absolute Gasteiger partial charge is 0.0629 e. The molecule has 0 amide bonds. The monoisotopic (exact) mass is 155 g/mol. The van der Waals surface area contributed by atoms with Crippen LogP contribution < -0.4 is 5.32 Å². The van der Waals surface area contributed by atoms with Crippen LogP contribution in [-0.4, -0.2) is 23.8 Å².